The molecular formula is C20H30N2O2. The lowest BCUT2D eigenvalue weighted by Gasteiger charge is -2.31. The van der Waals surface area contributed by atoms with E-state index in [-0.39, 0.29) is 23.7 Å². The van der Waals surface area contributed by atoms with Crippen molar-refractivity contribution in [1.29, 1.82) is 0 Å². The van der Waals surface area contributed by atoms with Crippen LogP contribution in [0.5, 0.6) is 0 Å². The third-order valence-electron chi connectivity index (χ3n) is 4.78. The van der Waals surface area contributed by atoms with Crippen molar-refractivity contribution in [3.8, 4) is 0 Å². The summed E-state index contributed by atoms with van der Waals surface area (Å²) in [6, 6.07) is 9.84. The summed E-state index contributed by atoms with van der Waals surface area (Å²) in [5, 5.41) is 3.02. The Morgan fingerprint density at radius 3 is 2.21 bits per heavy atom. The Bertz CT molecular complexity index is 534. The zero-order valence-corrected chi connectivity index (χ0v) is 15.1. The van der Waals surface area contributed by atoms with Crippen LogP contribution in [-0.4, -0.2) is 24.9 Å². The van der Waals surface area contributed by atoms with Gasteiger partial charge in [-0.25, -0.2) is 0 Å². The Kier molecular flexibility index (Phi) is 6.83. The highest BCUT2D eigenvalue weighted by molar-refractivity contribution is 5.95. The van der Waals surface area contributed by atoms with Crippen LogP contribution in [0.4, 0.5) is 5.69 Å². The van der Waals surface area contributed by atoms with Gasteiger partial charge in [0.15, 0.2) is 0 Å². The molecule has 0 atom stereocenters. The second-order valence-electron chi connectivity index (χ2n) is 7.11. The largest absolute Gasteiger partial charge is 0.356 e. The van der Waals surface area contributed by atoms with Crippen LogP contribution in [-0.2, 0) is 9.59 Å². The Balaban J connectivity index is 1.89. The quantitative estimate of drug-likeness (QED) is 0.866. The highest BCUT2D eigenvalue weighted by Gasteiger charge is 2.32. The van der Waals surface area contributed by atoms with Crippen molar-refractivity contribution in [2.45, 2.75) is 46.5 Å². The smallest absolute Gasteiger partial charge is 0.230 e. The molecule has 4 nitrogen and oxygen atoms in total. The van der Waals surface area contributed by atoms with Crippen LogP contribution in [0.2, 0.25) is 0 Å². The van der Waals surface area contributed by atoms with Crippen LogP contribution >= 0.6 is 0 Å². The van der Waals surface area contributed by atoms with Gasteiger partial charge in [-0.05, 0) is 50.7 Å². The summed E-state index contributed by atoms with van der Waals surface area (Å²) in [6.45, 7) is 7.61. The van der Waals surface area contributed by atoms with Crippen molar-refractivity contribution in [3.05, 3.63) is 30.3 Å². The highest BCUT2D eigenvalue weighted by atomic mass is 16.2. The zero-order chi connectivity index (χ0) is 17.5. The lowest BCUT2D eigenvalue weighted by atomic mass is 9.80. The van der Waals surface area contributed by atoms with Gasteiger partial charge in [0.05, 0.1) is 0 Å². The predicted molar refractivity (Wildman–Crippen MR) is 97.8 cm³/mol. The summed E-state index contributed by atoms with van der Waals surface area (Å²) < 4.78 is 0. The molecule has 1 N–H and O–H groups in total. The van der Waals surface area contributed by atoms with Gasteiger partial charge in [-0.1, -0.05) is 32.0 Å². The Hall–Kier alpha value is -1.84. The molecule has 4 heteroatoms. The molecule has 1 aromatic carbocycles. The molecule has 1 saturated carbocycles. The number of nitrogens with zero attached hydrogens (tertiary/aromatic N) is 1. The van der Waals surface area contributed by atoms with E-state index in [9.17, 15) is 9.59 Å². The van der Waals surface area contributed by atoms with E-state index in [0.717, 1.165) is 37.9 Å². The molecule has 0 bridgehead atoms. The fourth-order valence-corrected chi connectivity index (χ4v) is 3.35. The maximum absolute atomic E-state index is 12.8. The second kappa shape index (κ2) is 8.86. The molecule has 1 aromatic rings. The molecule has 132 valence electrons. The molecule has 0 spiro atoms. The number of hydrogen-bond donors (Lipinski definition) is 1. The fraction of sp³-hybridized carbons (Fsp3) is 0.600. The molecule has 0 saturated heterocycles. The van der Waals surface area contributed by atoms with E-state index in [4.69, 9.17) is 0 Å². The molecule has 2 amide bonds. The number of rotatable bonds is 6. The van der Waals surface area contributed by atoms with E-state index in [2.05, 4.69) is 19.2 Å². The first-order valence-corrected chi connectivity index (χ1v) is 9.17. The summed E-state index contributed by atoms with van der Waals surface area (Å²) >= 11 is 0. The van der Waals surface area contributed by atoms with Crippen molar-refractivity contribution in [3.63, 3.8) is 0 Å². The molecule has 1 aliphatic carbocycles. The molecule has 0 heterocycles. The normalized spacial score (nSPS) is 20.7. The van der Waals surface area contributed by atoms with E-state index < -0.39 is 0 Å². The van der Waals surface area contributed by atoms with E-state index in [1.807, 2.05) is 42.2 Å². The topological polar surface area (TPSA) is 49.4 Å². The third kappa shape index (κ3) is 4.83. The van der Waals surface area contributed by atoms with Crippen LogP contribution in [0.15, 0.2) is 30.3 Å². The first-order valence-electron chi connectivity index (χ1n) is 9.17. The Morgan fingerprint density at radius 1 is 1.08 bits per heavy atom. The van der Waals surface area contributed by atoms with Gasteiger partial charge >= 0.3 is 0 Å². The molecule has 0 aliphatic heterocycles. The third-order valence-corrected chi connectivity index (χ3v) is 4.78. The highest BCUT2D eigenvalue weighted by Crippen LogP contribution is 2.31. The van der Waals surface area contributed by atoms with Gasteiger partial charge in [0.1, 0.15) is 0 Å². The first-order chi connectivity index (χ1) is 11.5. The van der Waals surface area contributed by atoms with Gasteiger partial charge in [0, 0.05) is 30.6 Å². The number of para-hydroxylation sites is 1. The molecule has 2 rings (SSSR count). The van der Waals surface area contributed by atoms with Crippen LogP contribution in [0, 0.1) is 17.8 Å². The maximum Gasteiger partial charge on any atom is 0.230 e. The molecule has 0 unspecified atom stereocenters. The van der Waals surface area contributed by atoms with Crippen molar-refractivity contribution >= 4 is 17.5 Å². The van der Waals surface area contributed by atoms with Crippen molar-refractivity contribution < 1.29 is 9.59 Å². The molecule has 24 heavy (non-hydrogen) atoms. The summed E-state index contributed by atoms with van der Waals surface area (Å²) in [7, 11) is 0. The van der Waals surface area contributed by atoms with Crippen molar-refractivity contribution in [2.24, 2.45) is 17.8 Å². The SMILES string of the molecule is CCN(C(=O)C1CCC(C(=O)NCC(C)C)CC1)c1ccccc1. The number of nitrogens with one attached hydrogen (secondary N) is 1. The lowest BCUT2D eigenvalue weighted by molar-refractivity contribution is -0.129. The van der Waals surface area contributed by atoms with Crippen molar-refractivity contribution in [2.75, 3.05) is 18.0 Å². The van der Waals surface area contributed by atoms with Crippen LogP contribution in [0.1, 0.15) is 46.5 Å². The summed E-state index contributed by atoms with van der Waals surface area (Å²) in [6.07, 6.45) is 3.24. The van der Waals surface area contributed by atoms with E-state index in [1.54, 1.807) is 0 Å². The van der Waals surface area contributed by atoms with Gasteiger partial charge in [0.25, 0.3) is 0 Å². The molecule has 1 aliphatic rings. The van der Waals surface area contributed by atoms with E-state index in [1.165, 1.54) is 0 Å². The Morgan fingerprint density at radius 2 is 1.67 bits per heavy atom. The van der Waals surface area contributed by atoms with Gasteiger partial charge < -0.3 is 10.2 Å². The summed E-state index contributed by atoms with van der Waals surface area (Å²) in [5.41, 5.74) is 0.960. The number of carbonyl (C=O) groups excluding carboxylic acids is 2. The maximum atomic E-state index is 12.8. The van der Waals surface area contributed by atoms with Gasteiger partial charge in [-0.2, -0.15) is 0 Å². The number of amides is 2. The number of carbonyl (C=O) groups is 2. The van der Waals surface area contributed by atoms with E-state index in [0.29, 0.717) is 12.5 Å². The first kappa shape index (κ1) is 18.5. The monoisotopic (exact) mass is 330 g/mol. The lowest BCUT2D eigenvalue weighted by Crippen LogP contribution is -2.40. The van der Waals surface area contributed by atoms with Crippen molar-refractivity contribution in [1.82, 2.24) is 5.32 Å². The molecule has 0 aromatic heterocycles. The Labute approximate surface area is 145 Å². The summed E-state index contributed by atoms with van der Waals surface area (Å²) in [4.78, 5) is 26.9. The minimum absolute atomic E-state index is 0.0410. The van der Waals surface area contributed by atoms with Crippen LogP contribution in [0.25, 0.3) is 0 Å². The molecule has 0 radical (unpaired) electrons. The number of anilines is 1. The standard InChI is InChI=1S/C20H30N2O2/c1-4-22(18-8-6-5-7-9-18)20(24)17-12-10-16(11-13-17)19(23)21-14-15(2)3/h5-9,15-17H,4,10-14H2,1-3H3,(H,21,23). The minimum atomic E-state index is 0.0410. The average Bonchev–Trinajstić information content (AvgIpc) is 2.61. The zero-order valence-electron chi connectivity index (χ0n) is 15.1. The van der Waals surface area contributed by atoms with Gasteiger partial charge in [-0.3, -0.25) is 9.59 Å². The van der Waals surface area contributed by atoms with E-state index >= 15 is 0 Å². The average molecular weight is 330 g/mol. The number of benzene rings is 1. The van der Waals surface area contributed by atoms with Gasteiger partial charge in [0.2, 0.25) is 11.8 Å². The van der Waals surface area contributed by atoms with Crippen LogP contribution < -0.4 is 10.2 Å². The van der Waals surface area contributed by atoms with Gasteiger partial charge in [-0.15, -0.1) is 0 Å². The summed E-state index contributed by atoms with van der Waals surface area (Å²) in [5.74, 6) is 0.935. The van der Waals surface area contributed by atoms with Crippen LogP contribution in [0.3, 0.4) is 0 Å². The predicted octanol–water partition coefficient (Wildman–Crippen LogP) is 3.62. The minimum Gasteiger partial charge on any atom is -0.356 e. The second-order valence-corrected chi connectivity index (χ2v) is 7.11. The number of hydrogen-bond acceptors (Lipinski definition) is 2. The molecule has 1 fully saturated rings. The fourth-order valence-electron chi connectivity index (χ4n) is 3.35. The molecular weight excluding hydrogens is 300 g/mol.